The van der Waals surface area contributed by atoms with Gasteiger partial charge in [0.25, 0.3) is 5.91 Å². The molecule has 1 unspecified atom stereocenters. The van der Waals surface area contributed by atoms with Gasteiger partial charge in [-0.05, 0) is 54.2 Å². The van der Waals surface area contributed by atoms with Gasteiger partial charge in [0.2, 0.25) is 0 Å². The lowest BCUT2D eigenvalue weighted by atomic mass is 9.96. The van der Waals surface area contributed by atoms with E-state index in [1.807, 2.05) is 48.5 Å². The third-order valence-corrected chi connectivity index (χ3v) is 5.24. The zero-order chi connectivity index (χ0) is 20.6. The predicted molar refractivity (Wildman–Crippen MR) is 119 cm³/mol. The molecule has 3 rings (SSSR count). The van der Waals surface area contributed by atoms with Crippen molar-refractivity contribution in [2.75, 3.05) is 6.54 Å². The van der Waals surface area contributed by atoms with E-state index in [0.717, 1.165) is 35.4 Å². The van der Waals surface area contributed by atoms with E-state index in [-0.39, 0.29) is 12.0 Å². The van der Waals surface area contributed by atoms with Crippen LogP contribution >= 0.6 is 11.6 Å². The van der Waals surface area contributed by atoms with Crippen LogP contribution in [0.3, 0.4) is 0 Å². The molecule has 0 fully saturated rings. The minimum Gasteiger partial charge on any atom is -0.387 e. The first-order valence-corrected chi connectivity index (χ1v) is 10.5. The number of amides is 1. The van der Waals surface area contributed by atoms with Crippen LogP contribution in [0.25, 0.3) is 5.57 Å². The molecule has 0 aliphatic carbocycles. The van der Waals surface area contributed by atoms with E-state index >= 15 is 0 Å². The Hall–Kier alpha value is -2.59. The number of rotatable bonds is 8. The first-order chi connectivity index (χ1) is 14.1. The fourth-order valence-electron chi connectivity index (χ4n) is 3.38. The minimum absolute atomic E-state index is 0.166. The smallest absolute Gasteiger partial charge is 0.269 e. The fraction of sp³-hybridized carbons (Fsp3) is 0.333. The Morgan fingerprint density at radius 2 is 2.07 bits per heavy atom. The molecule has 29 heavy (non-hydrogen) atoms. The molecule has 0 radical (unpaired) electrons. The number of benzene rings is 2. The van der Waals surface area contributed by atoms with Gasteiger partial charge in [-0.1, -0.05) is 72.6 Å². The molecule has 0 spiro atoms. The van der Waals surface area contributed by atoms with Crippen LogP contribution in [0.5, 0.6) is 0 Å². The highest BCUT2D eigenvalue weighted by Crippen LogP contribution is 2.28. The number of hydrogen-bond acceptors (Lipinski definition) is 3. The maximum atomic E-state index is 12.5. The lowest BCUT2D eigenvalue weighted by Gasteiger charge is -2.13. The summed E-state index contributed by atoms with van der Waals surface area (Å²) in [5.74, 6) is -0.166. The van der Waals surface area contributed by atoms with Crippen LogP contribution in [0.2, 0.25) is 5.02 Å². The summed E-state index contributed by atoms with van der Waals surface area (Å²) in [6, 6.07) is 15.8. The Kier molecular flexibility index (Phi) is 7.48. The molecule has 1 aliphatic heterocycles. The van der Waals surface area contributed by atoms with Gasteiger partial charge in [0.1, 0.15) is 5.71 Å². The van der Waals surface area contributed by atoms with Crippen molar-refractivity contribution in [3.8, 4) is 0 Å². The summed E-state index contributed by atoms with van der Waals surface area (Å²) < 4.78 is 0. The summed E-state index contributed by atoms with van der Waals surface area (Å²) in [7, 11) is 0. The Labute approximate surface area is 177 Å². The number of carbonyl (C=O) groups excluding carboxylic acids is 1. The zero-order valence-electron chi connectivity index (χ0n) is 17.0. The van der Waals surface area contributed by atoms with E-state index in [2.05, 4.69) is 30.4 Å². The normalized spacial score (nSPS) is 16.3. The van der Waals surface area contributed by atoms with Gasteiger partial charge in [0.15, 0.2) is 6.10 Å². The molecule has 4 nitrogen and oxygen atoms in total. The summed E-state index contributed by atoms with van der Waals surface area (Å²) in [6.45, 7) is 4.77. The van der Waals surface area contributed by atoms with Gasteiger partial charge in [-0.15, -0.1) is 0 Å². The number of allylic oxidation sites excluding steroid dienone is 1. The van der Waals surface area contributed by atoms with Gasteiger partial charge in [0.05, 0.1) is 0 Å². The number of unbranched alkanes of at least 4 members (excludes halogenated alkanes) is 1. The van der Waals surface area contributed by atoms with Crippen molar-refractivity contribution in [3.63, 3.8) is 0 Å². The van der Waals surface area contributed by atoms with Gasteiger partial charge in [-0.3, -0.25) is 4.79 Å². The average Bonchev–Trinajstić information content (AvgIpc) is 3.23. The zero-order valence-corrected chi connectivity index (χ0v) is 17.7. The summed E-state index contributed by atoms with van der Waals surface area (Å²) >= 11 is 6.20. The summed E-state index contributed by atoms with van der Waals surface area (Å²) in [4.78, 5) is 18.0. The minimum atomic E-state index is -0.189. The van der Waals surface area contributed by atoms with Crippen LogP contribution in [0, 0.1) is 6.92 Å². The van der Waals surface area contributed by atoms with Crippen LogP contribution in [0.4, 0.5) is 0 Å². The molecule has 0 saturated heterocycles. The molecule has 2 aromatic carbocycles. The largest absolute Gasteiger partial charge is 0.387 e. The number of hydrogen-bond donors (Lipinski definition) is 1. The first-order valence-electron chi connectivity index (χ1n) is 10.1. The molecule has 1 heterocycles. The van der Waals surface area contributed by atoms with Crippen molar-refractivity contribution in [2.24, 2.45) is 5.16 Å². The van der Waals surface area contributed by atoms with Crippen molar-refractivity contribution < 1.29 is 9.63 Å². The second-order valence-electron chi connectivity index (χ2n) is 7.23. The topological polar surface area (TPSA) is 50.7 Å². The first kappa shape index (κ1) is 21.1. The number of carbonyl (C=O) groups is 1. The second kappa shape index (κ2) is 10.3. The average molecular weight is 411 g/mol. The van der Waals surface area contributed by atoms with Gasteiger partial charge >= 0.3 is 0 Å². The Morgan fingerprint density at radius 1 is 1.28 bits per heavy atom. The van der Waals surface area contributed by atoms with Crippen LogP contribution < -0.4 is 5.32 Å². The quantitative estimate of drug-likeness (QED) is 0.592. The van der Waals surface area contributed by atoms with Crippen molar-refractivity contribution in [3.05, 3.63) is 76.3 Å². The molecular formula is C24H27ClN2O2. The highest BCUT2D eigenvalue weighted by molar-refractivity contribution is 6.39. The predicted octanol–water partition coefficient (Wildman–Crippen LogP) is 5.86. The van der Waals surface area contributed by atoms with Crippen LogP contribution in [-0.2, 0) is 9.63 Å². The van der Waals surface area contributed by atoms with E-state index in [1.54, 1.807) is 0 Å². The highest BCUT2D eigenvalue weighted by Gasteiger charge is 2.27. The summed E-state index contributed by atoms with van der Waals surface area (Å²) in [6.07, 6.45) is 5.35. The number of oxime groups is 1. The third kappa shape index (κ3) is 5.70. The SMILES string of the molecule is CCC/C=C(/CCNC(=O)C1=NOC(c2ccccc2)C1)c1cc(Cl)ccc1C. The van der Waals surface area contributed by atoms with Gasteiger partial charge in [-0.25, -0.2) is 0 Å². The lowest BCUT2D eigenvalue weighted by molar-refractivity contribution is -0.114. The fourth-order valence-corrected chi connectivity index (χ4v) is 3.55. The third-order valence-electron chi connectivity index (χ3n) is 5.01. The molecule has 2 aromatic rings. The second-order valence-corrected chi connectivity index (χ2v) is 7.67. The monoisotopic (exact) mass is 410 g/mol. The molecule has 5 heteroatoms. The van der Waals surface area contributed by atoms with Crippen molar-refractivity contribution >= 4 is 28.8 Å². The Morgan fingerprint density at radius 3 is 2.83 bits per heavy atom. The molecule has 1 amide bonds. The molecule has 0 aromatic heterocycles. The van der Waals surface area contributed by atoms with Crippen LogP contribution in [0.1, 0.15) is 55.4 Å². The Balaban J connectivity index is 1.57. The molecule has 1 atom stereocenters. The Bertz CT molecular complexity index is 906. The van der Waals surface area contributed by atoms with Crippen molar-refractivity contribution in [2.45, 2.75) is 45.6 Å². The molecular weight excluding hydrogens is 384 g/mol. The maximum absolute atomic E-state index is 12.5. The van der Waals surface area contributed by atoms with Crippen LogP contribution in [0.15, 0.2) is 59.8 Å². The number of halogens is 1. The van der Waals surface area contributed by atoms with Gasteiger partial charge < -0.3 is 10.2 Å². The van der Waals surface area contributed by atoms with Gasteiger partial charge in [0, 0.05) is 18.0 Å². The van der Waals surface area contributed by atoms with Gasteiger partial charge in [-0.2, -0.15) is 0 Å². The molecule has 1 aliphatic rings. The molecule has 152 valence electrons. The van der Waals surface area contributed by atoms with E-state index < -0.39 is 0 Å². The van der Waals surface area contributed by atoms with E-state index in [0.29, 0.717) is 18.7 Å². The lowest BCUT2D eigenvalue weighted by Crippen LogP contribution is -2.31. The van der Waals surface area contributed by atoms with Crippen molar-refractivity contribution in [1.29, 1.82) is 0 Å². The van der Waals surface area contributed by atoms with E-state index in [1.165, 1.54) is 11.1 Å². The molecule has 1 N–H and O–H groups in total. The maximum Gasteiger partial charge on any atom is 0.269 e. The standard InChI is InChI=1S/C24H27ClN2O2/c1-3-4-8-18(21-15-20(25)12-11-17(21)2)13-14-26-24(28)22-16-23(29-27-22)19-9-6-5-7-10-19/h5-12,15,23H,3-4,13-14,16H2,1-2H3,(H,26,28)/b18-8-. The summed E-state index contributed by atoms with van der Waals surface area (Å²) in [5.41, 5.74) is 5.00. The van der Waals surface area contributed by atoms with E-state index in [9.17, 15) is 4.79 Å². The molecule has 0 bridgehead atoms. The van der Waals surface area contributed by atoms with Crippen LogP contribution in [-0.4, -0.2) is 18.2 Å². The number of aryl methyl sites for hydroxylation is 1. The molecule has 0 saturated carbocycles. The highest BCUT2D eigenvalue weighted by atomic mass is 35.5. The number of nitrogens with zero attached hydrogens (tertiary/aromatic N) is 1. The summed E-state index contributed by atoms with van der Waals surface area (Å²) in [5, 5.41) is 7.70. The van der Waals surface area contributed by atoms with E-state index in [4.69, 9.17) is 16.4 Å². The number of nitrogens with one attached hydrogen (secondary N) is 1. The van der Waals surface area contributed by atoms with Crippen molar-refractivity contribution in [1.82, 2.24) is 5.32 Å².